The monoisotopic (exact) mass is 455 g/mol. The number of aromatic nitrogens is 2. The highest BCUT2D eigenvalue weighted by Crippen LogP contribution is 2.30. The normalized spacial score (nSPS) is 10.9. The number of carbonyl (C=O) groups is 1. The predicted octanol–water partition coefficient (Wildman–Crippen LogP) is 5.41. The van der Waals surface area contributed by atoms with Gasteiger partial charge in [0.15, 0.2) is 17.3 Å². The molecule has 1 aromatic heterocycles. The number of aryl methyl sites for hydroxylation is 1. The van der Waals surface area contributed by atoms with Gasteiger partial charge in [-0.2, -0.15) is 13.9 Å². The second-order valence-electron chi connectivity index (χ2n) is 6.28. The number of carbonyl (C=O) groups excluding carboxylic acids is 1. The molecule has 0 radical (unpaired) electrons. The molecule has 0 fully saturated rings. The molecule has 30 heavy (non-hydrogen) atoms. The van der Waals surface area contributed by atoms with Gasteiger partial charge in [0.2, 0.25) is 0 Å². The molecular weight excluding hydrogens is 439 g/mol. The lowest BCUT2D eigenvalue weighted by Gasteiger charge is -2.11. The van der Waals surface area contributed by atoms with Crippen LogP contribution in [-0.4, -0.2) is 29.4 Å². The summed E-state index contributed by atoms with van der Waals surface area (Å²) in [5, 5.41) is 7.96. The number of hydrogen-bond donors (Lipinski definition) is 1. The number of ether oxygens (including phenoxy) is 2. The predicted molar refractivity (Wildman–Crippen MR) is 110 cm³/mol. The third-order valence-corrected chi connectivity index (χ3v) is 4.92. The minimum absolute atomic E-state index is 0.0178. The summed E-state index contributed by atoms with van der Waals surface area (Å²) in [5.74, 6) is -0.282. The number of amides is 1. The van der Waals surface area contributed by atoms with Crippen LogP contribution in [0.5, 0.6) is 11.5 Å². The number of hydrogen-bond acceptors (Lipinski definition) is 4. The lowest BCUT2D eigenvalue weighted by atomic mass is 10.2. The quantitative estimate of drug-likeness (QED) is 0.517. The van der Waals surface area contributed by atoms with Gasteiger partial charge in [-0.15, -0.1) is 0 Å². The molecule has 2 aromatic carbocycles. The molecule has 158 valence electrons. The zero-order valence-corrected chi connectivity index (χ0v) is 17.5. The highest BCUT2D eigenvalue weighted by Gasteiger charge is 2.16. The molecule has 6 nitrogen and oxygen atoms in total. The molecule has 3 aromatic rings. The second-order valence-corrected chi connectivity index (χ2v) is 7.09. The number of methoxy groups -OCH3 is 1. The molecule has 1 N–H and O–H groups in total. The first-order valence-corrected chi connectivity index (χ1v) is 9.45. The highest BCUT2D eigenvalue weighted by molar-refractivity contribution is 6.42. The van der Waals surface area contributed by atoms with Crippen LogP contribution < -0.4 is 14.8 Å². The van der Waals surface area contributed by atoms with Crippen molar-refractivity contribution in [1.82, 2.24) is 9.78 Å². The van der Waals surface area contributed by atoms with E-state index in [1.165, 1.54) is 25.3 Å². The molecule has 10 heteroatoms. The second kappa shape index (κ2) is 9.32. The fraction of sp³-hybridized carbons (Fsp3) is 0.200. The molecule has 0 aliphatic heterocycles. The standard InChI is InChI=1S/C20H17Cl2F2N3O3/c1-11-7-18(26-27(11)10-12-3-5-14(21)15(22)8-12)25-19(28)13-4-6-16(30-20(23)24)17(9-13)29-2/h3-9,20H,10H2,1-2H3,(H,25,26,28). The number of benzene rings is 2. The van der Waals surface area contributed by atoms with Crippen molar-refractivity contribution in [2.75, 3.05) is 12.4 Å². The molecule has 1 amide bonds. The third-order valence-electron chi connectivity index (χ3n) is 4.18. The van der Waals surface area contributed by atoms with E-state index < -0.39 is 12.5 Å². The Labute approximate surface area is 181 Å². The van der Waals surface area contributed by atoms with E-state index in [2.05, 4.69) is 15.2 Å². The van der Waals surface area contributed by atoms with Crippen molar-refractivity contribution in [2.45, 2.75) is 20.1 Å². The van der Waals surface area contributed by atoms with Crippen LogP contribution in [0.1, 0.15) is 21.6 Å². The first-order valence-electron chi connectivity index (χ1n) is 8.69. The van der Waals surface area contributed by atoms with Crippen molar-refractivity contribution in [3.8, 4) is 11.5 Å². The number of nitrogens with zero attached hydrogens (tertiary/aromatic N) is 2. The fourth-order valence-corrected chi connectivity index (χ4v) is 3.05. The van der Waals surface area contributed by atoms with Crippen molar-refractivity contribution in [3.05, 3.63) is 69.3 Å². The SMILES string of the molecule is COc1cc(C(=O)Nc2cc(C)n(Cc3ccc(Cl)c(Cl)c3)n2)ccc1OC(F)F. The van der Waals surface area contributed by atoms with Gasteiger partial charge in [0.05, 0.1) is 23.7 Å². The van der Waals surface area contributed by atoms with Crippen LogP contribution in [0.3, 0.4) is 0 Å². The average Bonchev–Trinajstić information content (AvgIpc) is 3.03. The van der Waals surface area contributed by atoms with Crippen LogP contribution in [0.4, 0.5) is 14.6 Å². The lowest BCUT2D eigenvalue weighted by molar-refractivity contribution is -0.0512. The first kappa shape index (κ1) is 21.9. The summed E-state index contributed by atoms with van der Waals surface area (Å²) >= 11 is 12.0. The Hall–Kier alpha value is -2.84. The largest absolute Gasteiger partial charge is 0.493 e. The van der Waals surface area contributed by atoms with Gasteiger partial charge in [-0.3, -0.25) is 9.48 Å². The molecule has 0 aliphatic rings. The molecule has 0 aliphatic carbocycles. The molecular formula is C20H17Cl2F2N3O3. The van der Waals surface area contributed by atoms with E-state index in [0.29, 0.717) is 22.4 Å². The van der Waals surface area contributed by atoms with E-state index in [1.54, 1.807) is 22.9 Å². The van der Waals surface area contributed by atoms with E-state index in [4.69, 9.17) is 27.9 Å². The maximum atomic E-state index is 12.5. The van der Waals surface area contributed by atoms with Gasteiger partial charge in [0, 0.05) is 17.3 Å². The van der Waals surface area contributed by atoms with Crippen LogP contribution in [0, 0.1) is 6.92 Å². The summed E-state index contributed by atoms with van der Waals surface area (Å²) in [4.78, 5) is 12.5. The van der Waals surface area contributed by atoms with E-state index in [-0.39, 0.29) is 17.1 Å². The maximum Gasteiger partial charge on any atom is 0.387 e. The van der Waals surface area contributed by atoms with Crippen molar-refractivity contribution < 1.29 is 23.0 Å². The maximum absolute atomic E-state index is 12.5. The van der Waals surface area contributed by atoms with Gasteiger partial charge in [0.1, 0.15) is 0 Å². The van der Waals surface area contributed by atoms with Crippen LogP contribution >= 0.6 is 23.2 Å². The molecule has 0 saturated heterocycles. The first-order chi connectivity index (χ1) is 14.3. The summed E-state index contributed by atoms with van der Waals surface area (Å²) in [7, 11) is 1.30. The van der Waals surface area contributed by atoms with Gasteiger partial charge in [0.25, 0.3) is 5.91 Å². The molecule has 0 spiro atoms. The number of nitrogens with one attached hydrogen (secondary N) is 1. The van der Waals surface area contributed by atoms with Crippen molar-refractivity contribution in [2.24, 2.45) is 0 Å². The van der Waals surface area contributed by atoms with Gasteiger partial charge in [-0.05, 0) is 42.8 Å². The van der Waals surface area contributed by atoms with Gasteiger partial charge in [-0.1, -0.05) is 29.3 Å². The van der Waals surface area contributed by atoms with Crippen LogP contribution in [0.2, 0.25) is 10.0 Å². The minimum atomic E-state index is -3.00. The summed E-state index contributed by atoms with van der Waals surface area (Å²) in [5.41, 5.74) is 1.91. The Morgan fingerprint density at radius 1 is 1.13 bits per heavy atom. The number of alkyl halides is 2. The molecule has 1 heterocycles. The zero-order valence-electron chi connectivity index (χ0n) is 16.0. The summed E-state index contributed by atoms with van der Waals surface area (Å²) in [6, 6.07) is 10.9. The number of anilines is 1. The molecule has 0 bridgehead atoms. The van der Waals surface area contributed by atoms with Crippen LogP contribution in [-0.2, 0) is 6.54 Å². The molecule has 0 saturated carbocycles. The number of halogens is 4. The van der Waals surface area contributed by atoms with Crippen LogP contribution in [0.25, 0.3) is 0 Å². The van der Waals surface area contributed by atoms with E-state index in [0.717, 1.165) is 11.3 Å². The smallest absolute Gasteiger partial charge is 0.387 e. The molecule has 0 unspecified atom stereocenters. The Morgan fingerprint density at radius 2 is 1.90 bits per heavy atom. The van der Waals surface area contributed by atoms with Gasteiger partial charge in [-0.25, -0.2) is 0 Å². The van der Waals surface area contributed by atoms with E-state index in [1.807, 2.05) is 13.0 Å². The van der Waals surface area contributed by atoms with Crippen molar-refractivity contribution in [3.63, 3.8) is 0 Å². The van der Waals surface area contributed by atoms with Gasteiger partial charge >= 0.3 is 6.61 Å². The topological polar surface area (TPSA) is 65.4 Å². The summed E-state index contributed by atoms with van der Waals surface area (Å²) in [6.45, 7) is -0.716. The van der Waals surface area contributed by atoms with Crippen molar-refractivity contribution in [1.29, 1.82) is 0 Å². The highest BCUT2D eigenvalue weighted by atomic mass is 35.5. The van der Waals surface area contributed by atoms with E-state index >= 15 is 0 Å². The molecule has 3 rings (SSSR count). The molecule has 0 atom stereocenters. The van der Waals surface area contributed by atoms with Gasteiger partial charge < -0.3 is 14.8 Å². The Kier molecular flexibility index (Phi) is 6.79. The summed E-state index contributed by atoms with van der Waals surface area (Å²) < 4.78 is 36.0. The Balaban J connectivity index is 1.74. The minimum Gasteiger partial charge on any atom is -0.493 e. The van der Waals surface area contributed by atoms with E-state index in [9.17, 15) is 13.6 Å². The summed E-state index contributed by atoms with van der Waals surface area (Å²) in [6.07, 6.45) is 0. The zero-order chi connectivity index (χ0) is 21.8. The third kappa shape index (κ3) is 5.20. The lowest BCUT2D eigenvalue weighted by Crippen LogP contribution is -2.13. The Bertz CT molecular complexity index is 1070. The Morgan fingerprint density at radius 3 is 2.57 bits per heavy atom. The van der Waals surface area contributed by atoms with Crippen LogP contribution in [0.15, 0.2) is 42.5 Å². The number of rotatable bonds is 7. The van der Waals surface area contributed by atoms with Crippen molar-refractivity contribution >= 4 is 34.9 Å². The fourth-order valence-electron chi connectivity index (χ4n) is 2.73. The average molecular weight is 456 g/mol.